The van der Waals surface area contributed by atoms with Crippen LogP contribution in [0.25, 0.3) is 0 Å². The lowest BCUT2D eigenvalue weighted by atomic mass is 10.1. The molecule has 0 amide bonds. The fourth-order valence-corrected chi connectivity index (χ4v) is 1.26. The Bertz CT molecular complexity index is 289. The van der Waals surface area contributed by atoms with Crippen LogP contribution in [0.5, 0.6) is 0 Å². The van der Waals surface area contributed by atoms with Gasteiger partial charge in [0.1, 0.15) is 0 Å². The fourth-order valence-electron chi connectivity index (χ4n) is 1.26. The third-order valence-corrected chi connectivity index (χ3v) is 1.80. The van der Waals surface area contributed by atoms with Gasteiger partial charge in [0, 0.05) is 13.6 Å². The molecule has 0 fully saturated rings. The molecule has 0 atom stereocenters. The number of anilines is 1. The van der Waals surface area contributed by atoms with Crippen molar-refractivity contribution in [1.29, 1.82) is 0 Å². The summed E-state index contributed by atoms with van der Waals surface area (Å²) >= 11 is 0. The molecule has 1 rings (SSSR count). The molecule has 1 aromatic heterocycles. The van der Waals surface area contributed by atoms with Crippen LogP contribution in [0.15, 0.2) is 12.1 Å². The minimum absolute atomic E-state index is 0.532. The maximum atomic E-state index is 9.61. The second-order valence-electron chi connectivity index (χ2n) is 4.20. The van der Waals surface area contributed by atoms with Crippen LogP contribution in [-0.4, -0.2) is 34.5 Å². The first-order valence-corrected chi connectivity index (χ1v) is 4.62. The topological polar surface area (TPSA) is 49.2 Å². The molecule has 0 aliphatic rings. The van der Waals surface area contributed by atoms with Gasteiger partial charge in [-0.1, -0.05) is 0 Å². The van der Waals surface area contributed by atoms with Crippen molar-refractivity contribution in [2.45, 2.75) is 26.4 Å². The van der Waals surface area contributed by atoms with E-state index in [1.54, 1.807) is 13.8 Å². The Labute approximate surface area is 84.6 Å². The zero-order valence-corrected chi connectivity index (χ0v) is 9.15. The quantitative estimate of drug-likeness (QED) is 0.781. The van der Waals surface area contributed by atoms with E-state index in [1.807, 2.05) is 31.0 Å². The monoisotopic (exact) mass is 195 g/mol. The molecule has 4 heteroatoms. The molecule has 0 aliphatic carbocycles. The van der Waals surface area contributed by atoms with Crippen molar-refractivity contribution in [3.05, 3.63) is 17.8 Å². The molecule has 0 aliphatic heterocycles. The number of aromatic nitrogens is 2. The van der Waals surface area contributed by atoms with Crippen LogP contribution in [0.4, 0.5) is 5.82 Å². The van der Waals surface area contributed by atoms with E-state index in [2.05, 4.69) is 10.2 Å². The predicted molar refractivity (Wildman–Crippen MR) is 56.3 cm³/mol. The summed E-state index contributed by atoms with van der Waals surface area (Å²) in [7, 11) is 1.89. The molecule has 0 radical (unpaired) electrons. The van der Waals surface area contributed by atoms with Crippen molar-refractivity contribution in [1.82, 2.24) is 10.2 Å². The van der Waals surface area contributed by atoms with Crippen molar-refractivity contribution in [3.63, 3.8) is 0 Å². The summed E-state index contributed by atoms with van der Waals surface area (Å²) in [5, 5.41) is 17.6. The Balaban J connectivity index is 2.70. The van der Waals surface area contributed by atoms with E-state index in [9.17, 15) is 5.11 Å². The largest absolute Gasteiger partial charge is 0.389 e. The van der Waals surface area contributed by atoms with E-state index in [-0.39, 0.29) is 0 Å². The number of hydrogen-bond acceptors (Lipinski definition) is 4. The van der Waals surface area contributed by atoms with Crippen LogP contribution in [-0.2, 0) is 0 Å². The molecule has 0 spiro atoms. The van der Waals surface area contributed by atoms with Crippen molar-refractivity contribution < 1.29 is 5.11 Å². The van der Waals surface area contributed by atoms with E-state index in [1.165, 1.54) is 0 Å². The molecule has 14 heavy (non-hydrogen) atoms. The molecule has 1 aromatic rings. The smallest absolute Gasteiger partial charge is 0.151 e. The first-order chi connectivity index (χ1) is 6.38. The van der Waals surface area contributed by atoms with Crippen LogP contribution >= 0.6 is 0 Å². The number of nitrogens with zero attached hydrogens (tertiary/aromatic N) is 3. The van der Waals surface area contributed by atoms with Gasteiger partial charge in [0.05, 0.1) is 11.3 Å². The van der Waals surface area contributed by atoms with E-state index in [4.69, 9.17) is 0 Å². The third kappa shape index (κ3) is 3.30. The average molecular weight is 195 g/mol. The van der Waals surface area contributed by atoms with Crippen LogP contribution in [0, 0.1) is 6.92 Å². The number of aliphatic hydroxyl groups is 1. The number of likely N-dealkylation sites (N-methyl/N-ethyl adjacent to an activating group) is 1. The molecule has 78 valence electrons. The standard InChI is InChI=1S/C10H17N3O/c1-8-5-6-9(12-11-8)13(4)7-10(2,3)14/h5-6,14H,7H2,1-4H3. The minimum Gasteiger partial charge on any atom is -0.389 e. The molecule has 0 bridgehead atoms. The maximum absolute atomic E-state index is 9.61. The summed E-state index contributed by atoms with van der Waals surface area (Å²) in [4.78, 5) is 1.88. The summed E-state index contributed by atoms with van der Waals surface area (Å²) < 4.78 is 0. The third-order valence-electron chi connectivity index (χ3n) is 1.80. The summed E-state index contributed by atoms with van der Waals surface area (Å²) in [6.45, 7) is 5.97. The highest BCUT2D eigenvalue weighted by molar-refractivity contribution is 5.36. The van der Waals surface area contributed by atoms with Crippen LogP contribution in [0.1, 0.15) is 19.5 Å². The summed E-state index contributed by atoms with van der Waals surface area (Å²) in [5.41, 5.74) is 0.173. The zero-order valence-electron chi connectivity index (χ0n) is 9.15. The van der Waals surface area contributed by atoms with Gasteiger partial charge in [-0.25, -0.2) is 0 Å². The lowest BCUT2D eigenvalue weighted by Gasteiger charge is -2.25. The molecule has 0 unspecified atom stereocenters. The van der Waals surface area contributed by atoms with Gasteiger partial charge in [0.25, 0.3) is 0 Å². The molecule has 0 aromatic carbocycles. The van der Waals surface area contributed by atoms with E-state index < -0.39 is 5.60 Å². The second kappa shape index (κ2) is 3.92. The molecule has 0 saturated heterocycles. The van der Waals surface area contributed by atoms with E-state index in [0.29, 0.717) is 6.54 Å². The first-order valence-electron chi connectivity index (χ1n) is 4.62. The molecular weight excluding hydrogens is 178 g/mol. The SMILES string of the molecule is Cc1ccc(N(C)CC(C)(C)O)nn1. The van der Waals surface area contributed by atoms with E-state index in [0.717, 1.165) is 11.5 Å². The van der Waals surface area contributed by atoms with Gasteiger partial charge in [-0.3, -0.25) is 0 Å². The highest BCUT2D eigenvalue weighted by Crippen LogP contribution is 2.11. The number of aryl methyl sites for hydroxylation is 1. The van der Waals surface area contributed by atoms with E-state index >= 15 is 0 Å². The zero-order chi connectivity index (χ0) is 10.8. The minimum atomic E-state index is -0.721. The molecule has 0 saturated carbocycles. The van der Waals surface area contributed by atoms with Crippen molar-refractivity contribution in [2.75, 3.05) is 18.5 Å². The Hall–Kier alpha value is -1.16. The van der Waals surface area contributed by atoms with Gasteiger partial charge >= 0.3 is 0 Å². The first kappa shape index (κ1) is 10.9. The van der Waals surface area contributed by atoms with Gasteiger partial charge in [-0.2, -0.15) is 5.10 Å². The van der Waals surface area contributed by atoms with Crippen LogP contribution in [0.2, 0.25) is 0 Å². The average Bonchev–Trinajstić information content (AvgIpc) is 2.02. The van der Waals surface area contributed by atoms with Gasteiger partial charge in [-0.05, 0) is 32.9 Å². The summed E-state index contributed by atoms with van der Waals surface area (Å²) in [6, 6.07) is 3.80. The van der Waals surface area contributed by atoms with Gasteiger partial charge in [0.15, 0.2) is 5.82 Å². The Kier molecular flexibility index (Phi) is 3.06. The van der Waals surface area contributed by atoms with Gasteiger partial charge in [-0.15, -0.1) is 5.10 Å². The maximum Gasteiger partial charge on any atom is 0.151 e. The van der Waals surface area contributed by atoms with Gasteiger partial charge < -0.3 is 10.0 Å². The fraction of sp³-hybridized carbons (Fsp3) is 0.600. The number of hydrogen-bond donors (Lipinski definition) is 1. The second-order valence-corrected chi connectivity index (χ2v) is 4.20. The highest BCUT2D eigenvalue weighted by Gasteiger charge is 2.16. The molecule has 1 N–H and O–H groups in total. The molecular formula is C10H17N3O. The van der Waals surface area contributed by atoms with Crippen molar-refractivity contribution >= 4 is 5.82 Å². The lowest BCUT2D eigenvalue weighted by Crippen LogP contribution is -2.36. The summed E-state index contributed by atoms with van der Waals surface area (Å²) in [6.07, 6.45) is 0. The number of rotatable bonds is 3. The highest BCUT2D eigenvalue weighted by atomic mass is 16.3. The van der Waals surface area contributed by atoms with Crippen LogP contribution < -0.4 is 4.90 Å². The normalized spacial score (nSPS) is 11.5. The predicted octanol–water partition coefficient (Wildman–Crippen LogP) is 0.992. The summed E-state index contributed by atoms with van der Waals surface area (Å²) in [5.74, 6) is 0.776. The lowest BCUT2D eigenvalue weighted by molar-refractivity contribution is 0.0884. The molecule has 1 heterocycles. The van der Waals surface area contributed by atoms with Gasteiger partial charge in [0.2, 0.25) is 0 Å². The Morgan fingerprint density at radius 3 is 2.43 bits per heavy atom. The van der Waals surface area contributed by atoms with Crippen molar-refractivity contribution in [2.24, 2.45) is 0 Å². The molecule has 4 nitrogen and oxygen atoms in total. The van der Waals surface area contributed by atoms with Crippen molar-refractivity contribution in [3.8, 4) is 0 Å². The van der Waals surface area contributed by atoms with Crippen LogP contribution in [0.3, 0.4) is 0 Å². The Morgan fingerprint density at radius 1 is 1.36 bits per heavy atom. The Morgan fingerprint density at radius 2 is 2.00 bits per heavy atom.